The van der Waals surface area contributed by atoms with Crippen molar-refractivity contribution in [2.45, 2.75) is 66.0 Å². The van der Waals surface area contributed by atoms with E-state index < -0.39 is 59.0 Å². The van der Waals surface area contributed by atoms with Crippen LogP contribution >= 0.6 is 0 Å². The van der Waals surface area contributed by atoms with E-state index in [4.69, 9.17) is 19.4 Å². The van der Waals surface area contributed by atoms with E-state index in [1.165, 1.54) is 31.1 Å². The summed E-state index contributed by atoms with van der Waals surface area (Å²) in [5.41, 5.74) is -1.44. The molecule has 2 saturated heterocycles. The van der Waals surface area contributed by atoms with Crippen molar-refractivity contribution in [1.82, 2.24) is 39.1 Å². The number of fused-ring (bicyclic) bond motifs is 2. The molecule has 2 aromatic heterocycles. The molecule has 2 aliphatic heterocycles. The number of halogens is 8. The molecule has 0 saturated carbocycles. The predicted molar refractivity (Wildman–Crippen MR) is 300 cm³/mol. The second-order valence-electron chi connectivity index (χ2n) is 19.3. The highest BCUT2D eigenvalue weighted by Crippen LogP contribution is 2.35. The number of piperazine rings is 2. The van der Waals surface area contributed by atoms with Gasteiger partial charge in [0, 0.05) is 39.3 Å². The van der Waals surface area contributed by atoms with Crippen molar-refractivity contribution < 1.29 is 54.2 Å². The number of hydrogen-bond donors (Lipinski definition) is 1. The number of nitrogens with one attached hydrogen (secondary N) is 1. The van der Waals surface area contributed by atoms with Gasteiger partial charge in [0.1, 0.15) is 46.9 Å². The molecule has 0 radical (unpaired) electrons. The summed E-state index contributed by atoms with van der Waals surface area (Å²) in [5.74, 6) is -1.82. The summed E-state index contributed by atoms with van der Waals surface area (Å²) in [6.45, 7) is 6.75. The number of ether oxygens (including phenoxy) is 2. The summed E-state index contributed by atoms with van der Waals surface area (Å²) in [5, 5.41) is 4.02. The molecule has 0 bridgehead atoms. The minimum absolute atomic E-state index is 0. The lowest BCUT2D eigenvalue weighted by molar-refractivity contribution is -0.141. The number of aromatic nitrogens is 4. The van der Waals surface area contributed by atoms with E-state index in [-0.39, 0.29) is 69.6 Å². The van der Waals surface area contributed by atoms with Gasteiger partial charge in [-0.1, -0.05) is 51.3 Å². The first-order valence-corrected chi connectivity index (χ1v) is 25.9. The first-order valence-electron chi connectivity index (χ1n) is 25.9. The summed E-state index contributed by atoms with van der Waals surface area (Å²) in [7, 11) is 1.88. The third-order valence-corrected chi connectivity index (χ3v) is 13.9. The van der Waals surface area contributed by atoms with Crippen LogP contribution in [0.3, 0.4) is 0 Å². The zero-order chi connectivity index (χ0) is 57.8. The van der Waals surface area contributed by atoms with Gasteiger partial charge in [0.2, 0.25) is 11.8 Å². The fourth-order valence-corrected chi connectivity index (χ4v) is 9.99. The number of alkyl halides is 6. The number of carbonyl (C=O) groups excluding carboxylic acids is 2. The molecule has 10 rings (SSSR count). The maximum Gasteiger partial charge on any atom is 0.419 e. The Balaban J connectivity index is 0.000000233. The molecule has 2 unspecified atom stereocenters. The van der Waals surface area contributed by atoms with E-state index in [0.717, 1.165) is 12.1 Å². The van der Waals surface area contributed by atoms with Crippen LogP contribution in [0.1, 0.15) is 74.7 Å². The molecule has 1 N–H and O–H groups in total. The number of likely N-dealkylation sites (N-methyl/N-ethyl adjacent to an activating group) is 1. The Labute approximate surface area is 473 Å². The van der Waals surface area contributed by atoms with Gasteiger partial charge in [-0.2, -0.15) is 26.3 Å². The lowest BCUT2D eigenvalue weighted by atomic mass is 10.0. The topological polar surface area (TPSA) is 144 Å². The van der Waals surface area contributed by atoms with Crippen LogP contribution in [0.25, 0.3) is 33.2 Å². The average molecular weight is 1160 g/mol. The number of benzene rings is 6. The Morgan fingerprint density at radius 1 is 0.578 bits per heavy atom. The van der Waals surface area contributed by atoms with Crippen LogP contribution in [0.15, 0.2) is 143 Å². The monoisotopic (exact) mass is 1150 g/mol. The Bertz CT molecular complexity index is 3720. The predicted octanol–water partition coefficient (Wildman–Crippen LogP) is 10.9. The number of rotatable bonds is 12. The Morgan fingerprint density at radius 2 is 1.00 bits per heavy atom. The molecular formula is C61H62F8N8O6. The van der Waals surface area contributed by atoms with Gasteiger partial charge in [-0.15, -0.1) is 0 Å². The van der Waals surface area contributed by atoms with Crippen molar-refractivity contribution in [2.75, 3.05) is 59.5 Å². The number of para-hydroxylation sites is 2. The lowest BCUT2D eigenvalue weighted by Gasteiger charge is -2.40. The van der Waals surface area contributed by atoms with Gasteiger partial charge < -0.3 is 29.5 Å². The van der Waals surface area contributed by atoms with Crippen LogP contribution in [-0.2, 0) is 34.8 Å². The van der Waals surface area contributed by atoms with Crippen molar-refractivity contribution in [1.29, 1.82) is 0 Å². The van der Waals surface area contributed by atoms with Gasteiger partial charge in [-0.3, -0.25) is 28.3 Å². The SMILES string of the molecule is C.C.CCOc1ccc(-n2c(C3CN(C)CCN3C(=O)Cc3ccc(F)c(C(F)(F)F)c3)nc3ccccc3c2=O)cc1.CCOc1ccc(-n2c(C3CNCCN3C(=O)Cc3ccc(F)c(C(F)(F)F)c3)nc3ccccc3c2=O)cc1. The molecule has 0 spiro atoms. The van der Waals surface area contributed by atoms with E-state index in [1.807, 2.05) is 25.8 Å². The minimum Gasteiger partial charge on any atom is -0.494 e. The van der Waals surface area contributed by atoms with Crippen LogP contribution in [0, 0.1) is 11.6 Å². The molecule has 83 heavy (non-hydrogen) atoms. The van der Waals surface area contributed by atoms with Gasteiger partial charge in [0.15, 0.2) is 0 Å². The van der Waals surface area contributed by atoms with Gasteiger partial charge >= 0.3 is 12.4 Å². The highest BCUT2D eigenvalue weighted by atomic mass is 19.4. The number of amides is 2. The zero-order valence-corrected chi connectivity index (χ0v) is 44.0. The summed E-state index contributed by atoms with van der Waals surface area (Å²) < 4.78 is 121. The first-order chi connectivity index (χ1) is 38.7. The molecule has 2 fully saturated rings. The minimum atomic E-state index is -4.89. The molecule has 4 heterocycles. The third-order valence-electron chi connectivity index (χ3n) is 13.9. The molecule has 2 aliphatic rings. The van der Waals surface area contributed by atoms with Crippen molar-refractivity contribution in [3.8, 4) is 22.9 Å². The Hall–Kier alpha value is -8.50. The highest BCUT2D eigenvalue weighted by molar-refractivity contribution is 5.82. The van der Waals surface area contributed by atoms with Crippen LogP contribution in [0.4, 0.5) is 35.1 Å². The average Bonchev–Trinajstić information content (AvgIpc) is 3.65. The van der Waals surface area contributed by atoms with E-state index in [0.29, 0.717) is 101 Å². The van der Waals surface area contributed by atoms with Crippen molar-refractivity contribution in [3.05, 3.63) is 200 Å². The van der Waals surface area contributed by atoms with Crippen LogP contribution < -0.4 is 25.9 Å². The van der Waals surface area contributed by atoms with Gasteiger partial charge in [-0.05, 0) is 129 Å². The Morgan fingerprint density at radius 3 is 1.43 bits per heavy atom. The fraction of sp³-hybridized carbons (Fsp3) is 0.311. The lowest BCUT2D eigenvalue weighted by Crippen LogP contribution is -2.51. The summed E-state index contributed by atoms with van der Waals surface area (Å²) in [6, 6.07) is 31.4. The van der Waals surface area contributed by atoms with E-state index >= 15 is 0 Å². The van der Waals surface area contributed by atoms with Crippen LogP contribution in [0.5, 0.6) is 11.5 Å². The largest absolute Gasteiger partial charge is 0.494 e. The normalized spacial score (nSPS) is 15.7. The molecule has 2 atom stereocenters. The zero-order valence-electron chi connectivity index (χ0n) is 44.0. The van der Waals surface area contributed by atoms with Gasteiger partial charge in [0.25, 0.3) is 11.1 Å². The van der Waals surface area contributed by atoms with E-state index in [1.54, 1.807) is 97.1 Å². The second kappa shape index (κ2) is 26.2. The quantitative estimate of drug-likeness (QED) is 0.117. The van der Waals surface area contributed by atoms with E-state index in [9.17, 15) is 54.3 Å². The standard InChI is InChI=1S/C30H28F4N4O3.C29H26F4N4O3.2CH4/c1-3-41-21-11-9-20(10-12-21)38-28(35-25-7-5-4-6-22(25)29(38)40)26-18-36(2)14-15-37(26)27(39)17-19-8-13-24(31)23(16-19)30(32,33)34;1-2-40-20-10-8-19(9-11-20)37-27(35-24-6-4-3-5-21(24)28(37)39)25-17-34-13-14-36(25)26(38)16-18-7-12-23(30)22(15-18)29(31,32)33;;/h4-13,16,26H,3,14-15,17-18H2,1-2H3;3-12,15,25,34H,2,13-14,16-17H2,1H3;2*1H4. The summed E-state index contributed by atoms with van der Waals surface area (Å²) >= 11 is 0. The molecule has 6 aromatic carbocycles. The summed E-state index contributed by atoms with van der Waals surface area (Å²) in [6.07, 6.45) is -10.5. The van der Waals surface area contributed by atoms with Crippen molar-refractivity contribution in [2.24, 2.45) is 0 Å². The Kier molecular flexibility index (Phi) is 19.6. The fourth-order valence-electron chi connectivity index (χ4n) is 9.99. The molecular weight excluding hydrogens is 1090 g/mol. The molecule has 8 aromatic rings. The number of carbonyl (C=O) groups is 2. The van der Waals surface area contributed by atoms with Crippen LogP contribution in [-0.4, -0.2) is 105 Å². The van der Waals surface area contributed by atoms with Gasteiger partial charge in [-0.25, -0.2) is 18.7 Å². The number of nitrogens with zero attached hydrogens (tertiary/aromatic N) is 7. The van der Waals surface area contributed by atoms with Gasteiger partial charge in [0.05, 0.1) is 70.4 Å². The maximum atomic E-state index is 13.9. The molecule has 0 aliphatic carbocycles. The first kappa shape index (κ1) is 62.1. The summed E-state index contributed by atoms with van der Waals surface area (Å²) in [4.78, 5) is 69.4. The number of hydrogen-bond acceptors (Lipinski definition) is 10. The van der Waals surface area contributed by atoms with E-state index in [2.05, 4.69) is 5.32 Å². The smallest absolute Gasteiger partial charge is 0.419 e. The van der Waals surface area contributed by atoms with Crippen molar-refractivity contribution >= 4 is 33.6 Å². The molecule has 438 valence electrons. The molecule has 2 amide bonds. The maximum absolute atomic E-state index is 13.9. The highest BCUT2D eigenvalue weighted by Gasteiger charge is 2.38. The third kappa shape index (κ3) is 13.7. The second-order valence-corrected chi connectivity index (χ2v) is 19.3. The molecule has 22 heteroatoms. The van der Waals surface area contributed by atoms with Crippen LogP contribution in [0.2, 0.25) is 0 Å². The molecule has 14 nitrogen and oxygen atoms in total. The van der Waals surface area contributed by atoms with Crippen molar-refractivity contribution in [3.63, 3.8) is 0 Å².